The van der Waals surface area contributed by atoms with Gasteiger partial charge in [0.2, 0.25) is 5.91 Å². The highest BCUT2D eigenvalue weighted by atomic mass is 16.5. The number of amides is 1. The summed E-state index contributed by atoms with van der Waals surface area (Å²) in [5.74, 6) is -0.00294. The van der Waals surface area contributed by atoms with Crippen LogP contribution in [0, 0.1) is 0 Å². The Bertz CT molecular complexity index is 1350. The quantitative estimate of drug-likeness (QED) is 0.0320. The number of aliphatic hydroxyl groups is 2. The second kappa shape index (κ2) is 79.0. The van der Waals surface area contributed by atoms with Crippen molar-refractivity contribution in [3.8, 4) is 0 Å². The molecule has 2 atom stereocenters. The molecule has 0 aliphatic rings. The second-order valence-electron chi connectivity index (χ2n) is 28.8. The molecule has 0 heterocycles. The first-order valence-corrected chi connectivity index (χ1v) is 41.4. The van der Waals surface area contributed by atoms with Gasteiger partial charge in [-0.1, -0.05) is 431 Å². The lowest BCUT2D eigenvalue weighted by atomic mass is 10.0. The third-order valence-corrected chi connectivity index (χ3v) is 19.8. The van der Waals surface area contributed by atoms with Crippen molar-refractivity contribution >= 4 is 11.9 Å². The molecule has 0 aromatic rings. The first-order chi connectivity index (χ1) is 44.0. The summed E-state index contributed by atoms with van der Waals surface area (Å²) in [6.45, 7) is 5.02. The number of hydrogen-bond donors (Lipinski definition) is 3. The van der Waals surface area contributed by atoms with Crippen molar-refractivity contribution in [3.63, 3.8) is 0 Å². The molecular weight excluding hydrogens is 1090 g/mol. The minimum absolute atomic E-state index is 0.0224. The summed E-state index contributed by atoms with van der Waals surface area (Å²) in [6.07, 6.45) is 100. The molecule has 0 saturated carbocycles. The topological polar surface area (TPSA) is 95.9 Å². The van der Waals surface area contributed by atoms with Crippen LogP contribution in [0.15, 0.2) is 12.2 Å². The monoisotopic (exact) mass is 1250 g/mol. The number of esters is 1. The van der Waals surface area contributed by atoms with E-state index in [-0.39, 0.29) is 18.5 Å². The highest BCUT2D eigenvalue weighted by Crippen LogP contribution is 2.21. The van der Waals surface area contributed by atoms with Crippen molar-refractivity contribution in [3.05, 3.63) is 12.2 Å². The van der Waals surface area contributed by atoms with Gasteiger partial charge < -0.3 is 20.3 Å². The molecule has 2 unspecified atom stereocenters. The summed E-state index contributed by atoms with van der Waals surface area (Å²) in [6, 6.07) is -0.540. The molecule has 0 saturated heterocycles. The van der Waals surface area contributed by atoms with E-state index in [4.69, 9.17) is 4.74 Å². The van der Waals surface area contributed by atoms with E-state index in [1.165, 1.54) is 411 Å². The molecular formula is C83H163NO5. The van der Waals surface area contributed by atoms with Crippen LogP contribution in [0.25, 0.3) is 0 Å². The average molecular weight is 1260 g/mol. The van der Waals surface area contributed by atoms with Crippen LogP contribution in [-0.2, 0) is 14.3 Å². The van der Waals surface area contributed by atoms with Gasteiger partial charge in [-0.3, -0.25) is 9.59 Å². The summed E-state index contributed by atoms with van der Waals surface area (Å²) in [5, 5.41) is 23.5. The van der Waals surface area contributed by atoms with Crippen molar-refractivity contribution in [2.45, 2.75) is 495 Å². The maximum Gasteiger partial charge on any atom is 0.305 e. The Balaban J connectivity index is 3.34. The number of hydrogen-bond acceptors (Lipinski definition) is 5. The first-order valence-electron chi connectivity index (χ1n) is 41.4. The predicted octanol–water partition coefficient (Wildman–Crippen LogP) is 27.4. The number of aliphatic hydroxyl groups excluding tert-OH is 2. The van der Waals surface area contributed by atoms with Gasteiger partial charge in [0.15, 0.2) is 0 Å². The van der Waals surface area contributed by atoms with Gasteiger partial charge in [0.05, 0.1) is 25.4 Å². The van der Waals surface area contributed by atoms with Crippen LogP contribution in [0.1, 0.15) is 483 Å². The van der Waals surface area contributed by atoms with Gasteiger partial charge in [-0.15, -0.1) is 0 Å². The lowest BCUT2D eigenvalue weighted by Crippen LogP contribution is -2.45. The minimum Gasteiger partial charge on any atom is -0.466 e. The molecule has 89 heavy (non-hydrogen) atoms. The largest absolute Gasteiger partial charge is 0.466 e. The fourth-order valence-electron chi connectivity index (χ4n) is 13.5. The normalized spacial score (nSPS) is 12.4. The molecule has 0 fully saturated rings. The molecule has 6 heteroatoms. The molecule has 3 N–H and O–H groups in total. The lowest BCUT2D eigenvalue weighted by molar-refractivity contribution is -0.143. The van der Waals surface area contributed by atoms with Crippen LogP contribution in [0.4, 0.5) is 0 Å². The summed E-state index contributed by atoms with van der Waals surface area (Å²) in [5.41, 5.74) is 0. The molecule has 0 spiro atoms. The van der Waals surface area contributed by atoms with E-state index in [1.54, 1.807) is 0 Å². The van der Waals surface area contributed by atoms with Crippen LogP contribution in [0.2, 0.25) is 0 Å². The van der Waals surface area contributed by atoms with Gasteiger partial charge >= 0.3 is 5.97 Å². The highest BCUT2D eigenvalue weighted by molar-refractivity contribution is 5.76. The summed E-state index contributed by atoms with van der Waals surface area (Å²) >= 11 is 0. The van der Waals surface area contributed by atoms with Crippen LogP contribution in [0.5, 0.6) is 0 Å². The number of unbranched alkanes of at least 4 members (excludes halogenated alkanes) is 66. The molecule has 0 aromatic carbocycles. The maximum atomic E-state index is 12.6. The molecule has 0 aliphatic carbocycles. The molecule has 0 bridgehead atoms. The van der Waals surface area contributed by atoms with E-state index in [1.807, 2.05) is 0 Å². The van der Waals surface area contributed by atoms with E-state index < -0.39 is 12.1 Å². The third kappa shape index (κ3) is 75.5. The Labute approximate surface area is 559 Å². The van der Waals surface area contributed by atoms with Crippen molar-refractivity contribution in [1.29, 1.82) is 0 Å². The zero-order valence-electron chi connectivity index (χ0n) is 61.0. The highest BCUT2D eigenvalue weighted by Gasteiger charge is 2.20. The van der Waals surface area contributed by atoms with Gasteiger partial charge in [0.25, 0.3) is 0 Å². The number of allylic oxidation sites excluding steroid dienone is 2. The second-order valence-corrected chi connectivity index (χ2v) is 28.8. The minimum atomic E-state index is -0.663. The van der Waals surface area contributed by atoms with Gasteiger partial charge in [-0.2, -0.15) is 0 Å². The fraction of sp³-hybridized carbons (Fsp3) is 0.952. The van der Waals surface area contributed by atoms with E-state index in [9.17, 15) is 19.8 Å². The molecule has 0 radical (unpaired) electrons. The van der Waals surface area contributed by atoms with Crippen LogP contribution >= 0.6 is 0 Å². The SMILES string of the molecule is CCCCCCCCCCCCCCCCCCCCCCCCCCCC(O)C(CO)NC(=O)CCCCCCCCCCCCCCCCCCC/C=C\CCCCCCCCCCCCCCOC(=O)CCCCCCCCCCCCCCCC. The van der Waals surface area contributed by atoms with E-state index in [0.29, 0.717) is 25.9 Å². The van der Waals surface area contributed by atoms with Gasteiger partial charge in [0.1, 0.15) is 0 Å². The van der Waals surface area contributed by atoms with Crippen molar-refractivity contribution in [2.24, 2.45) is 0 Å². The van der Waals surface area contributed by atoms with E-state index in [0.717, 1.165) is 38.5 Å². The summed E-state index contributed by atoms with van der Waals surface area (Å²) < 4.78 is 5.50. The van der Waals surface area contributed by atoms with E-state index >= 15 is 0 Å². The van der Waals surface area contributed by atoms with Gasteiger partial charge in [-0.25, -0.2) is 0 Å². The fourth-order valence-corrected chi connectivity index (χ4v) is 13.5. The van der Waals surface area contributed by atoms with Crippen molar-refractivity contribution in [2.75, 3.05) is 13.2 Å². The van der Waals surface area contributed by atoms with Crippen LogP contribution in [0.3, 0.4) is 0 Å². The molecule has 0 aromatic heterocycles. The molecule has 0 aliphatic heterocycles. The number of nitrogens with one attached hydrogen (secondary N) is 1. The van der Waals surface area contributed by atoms with Crippen LogP contribution in [-0.4, -0.2) is 47.4 Å². The molecule has 6 nitrogen and oxygen atoms in total. The smallest absolute Gasteiger partial charge is 0.305 e. The Morgan fingerprint density at radius 2 is 0.528 bits per heavy atom. The predicted molar refractivity (Wildman–Crippen MR) is 394 cm³/mol. The number of carbonyl (C=O) groups is 2. The molecule has 530 valence electrons. The van der Waals surface area contributed by atoms with Crippen LogP contribution < -0.4 is 5.32 Å². The zero-order chi connectivity index (χ0) is 64.2. The summed E-state index contributed by atoms with van der Waals surface area (Å²) in [4.78, 5) is 24.7. The summed E-state index contributed by atoms with van der Waals surface area (Å²) in [7, 11) is 0. The van der Waals surface area contributed by atoms with Crippen molar-refractivity contribution in [1.82, 2.24) is 5.32 Å². The standard InChI is InChI=1S/C83H163NO5/c1-3-5-7-9-11-13-15-17-19-20-21-22-23-33-36-39-42-45-48-51-55-59-63-67-71-75-81(86)80(79-85)84-82(87)76-72-68-64-60-56-52-49-46-43-40-37-34-31-29-27-25-24-26-28-30-32-35-38-41-44-47-50-54-58-62-66-70-74-78-89-83(88)77-73-69-65-61-57-53-18-16-14-12-10-8-6-4-2/h28,30,80-81,85-86H,3-27,29,31-79H2,1-2H3,(H,84,87)/b30-28-. The third-order valence-electron chi connectivity index (χ3n) is 19.8. The zero-order valence-corrected chi connectivity index (χ0v) is 61.0. The van der Waals surface area contributed by atoms with E-state index in [2.05, 4.69) is 31.3 Å². The first kappa shape index (κ1) is 87.6. The Hall–Kier alpha value is -1.40. The van der Waals surface area contributed by atoms with Gasteiger partial charge in [0, 0.05) is 12.8 Å². The number of carbonyl (C=O) groups excluding carboxylic acids is 2. The molecule has 1 amide bonds. The Morgan fingerprint density at radius 1 is 0.303 bits per heavy atom. The number of rotatable bonds is 79. The Kier molecular flexibility index (Phi) is 77.8. The van der Waals surface area contributed by atoms with Crippen molar-refractivity contribution < 1.29 is 24.5 Å². The molecule has 0 rings (SSSR count). The number of ether oxygens (including phenoxy) is 1. The lowest BCUT2D eigenvalue weighted by Gasteiger charge is -2.22. The van der Waals surface area contributed by atoms with Gasteiger partial charge in [-0.05, 0) is 51.4 Å². The maximum absolute atomic E-state index is 12.6. The Morgan fingerprint density at radius 3 is 0.798 bits per heavy atom. The average Bonchev–Trinajstić information content (AvgIpc) is 3.58.